The zero-order valence-corrected chi connectivity index (χ0v) is 11.1. The summed E-state index contributed by atoms with van der Waals surface area (Å²) in [6, 6.07) is 12.8. The molecule has 1 heteroatoms. The minimum Gasteiger partial charge on any atom is -0.294 e. The summed E-state index contributed by atoms with van der Waals surface area (Å²) in [6.07, 6.45) is 3.11. The number of Topliss-reactive ketones (excluding diaryl/α,β-unsaturated/α-hetero) is 1. The lowest BCUT2D eigenvalue weighted by Crippen LogP contribution is -2.07. The van der Waals surface area contributed by atoms with Gasteiger partial charge in [-0.25, -0.2) is 0 Å². The fraction of sp³-hybridized carbons (Fsp3) is 0.278. The molecule has 1 atom stereocenters. The van der Waals surface area contributed by atoms with Crippen LogP contribution in [0.3, 0.4) is 0 Å². The van der Waals surface area contributed by atoms with Crippen LogP contribution in [0, 0.1) is 5.92 Å². The van der Waals surface area contributed by atoms with Crippen molar-refractivity contribution in [1.29, 1.82) is 0 Å². The molecule has 0 amide bonds. The first-order valence-electron chi connectivity index (χ1n) is 7.03. The third-order valence-electron chi connectivity index (χ3n) is 4.61. The molecule has 0 spiro atoms. The normalized spacial score (nSPS) is 19.8. The van der Waals surface area contributed by atoms with Crippen molar-refractivity contribution in [3.05, 3.63) is 58.7 Å². The van der Waals surface area contributed by atoms with E-state index in [4.69, 9.17) is 0 Å². The molecule has 4 rings (SSSR count). The number of benzene rings is 2. The summed E-state index contributed by atoms with van der Waals surface area (Å²) in [7, 11) is 0. The number of carbonyl (C=O) groups excluding carboxylic acids is 1. The molecule has 19 heavy (non-hydrogen) atoms. The molecule has 0 N–H and O–H groups in total. The first kappa shape index (κ1) is 11.0. The Morgan fingerprint density at radius 1 is 0.895 bits per heavy atom. The van der Waals surface area contributed by atoms with E-state index in [2.05, 4.69) is 30.3 Å². The third-order valence-corrected chi connectivity index (χ3v) is 4.61. The van der Waals surface area contributed by atoms with Crippen molar-refractivity contribution < 1.29 is 4.79 Å². The molecule has 0 saturated carbocycles. The first-order valence-corrected chi connectivity index (χ1v) is 7.03. The van der Waals surface area contributed by atoms with E-state index in [1.165, 1.54) is 27.8 Å². The fourth-order valence-electron chi connectivity index (χ4n) is 3.62. The number of aryl methyl sites for hydroxylation is 1. The second kappa shape index (κ2) is 3.80. The van der Waals surface area contributed by atoms with Gasteiger partial charge in [-0.05, 0) is 47.1 Å². The topological polar surface area (TPSA) is 17.1 Å². The molecular weight excluding hydrogens is 232 g/mol. The smallest absolute Gasteiger partial charge is 0.166 e. The van der Waals surface area contributed by atoms with Crippen LogP contribution in [0.1, 0.15) is 34.0 Å². The second-order valence-corrected chi connectivity index (χ2v) is 5.74. The van der Waals surface area contributed by atoms with E-state index in [0.717, 1.165) is 24.8 Å². The molecule has 2 aliphatic rings. The van der Waals surface area contributed by atoms with Crippen LogP contribution in [0.2, 0.25) is 0 Å². The van der Waals surface area contributed by atoms with E-state index >= 15 is 0 Å². The Balaban J connectivity index is 1.97. The lowest BCUT2D eigenvalue weighted by Gasteiger charge is -2.22. The molecule has 2 aromatic rings. The summed E-state index contributed by atoms with van der Waals surface area (Å²) in [5.74, 6) is 0.496. The molecule has 0 radical (unpaired) electrons. The Labute approximate surface area is 113 Å². The quantitative estimate of drug-likeness (QED) is 0.692. The molecule has 94 valence electrons. The number of carbonyl (C=O) groups is 1. The Morgan fingerprint density at radius 3 is 2.58 bits per heavy atom. The maximum Gasteiger partial charge on any atom is 0.166 e. The van der Waals surface area contributed by atoms with Crippen molar-refractivity contribution in [1.82, 2.24) is 0 Å². The van der Waals surface area contributed by atoms with Gasteiger partial charge in [-0.2, -0.15) is 0 Å². The van der Waals surface area contributed by atoms with Crippen LogP contribution in [0.25, 0.3) is 11.1 Å². The zero-order valence-electron chi connectivity index (χ0n) is 11.1. The first-order chi connectivity index (χ1) is 9.25. The summed E-state index contributed by atoms with van der Waals surface area (Å²) in [5, 5.41) is 0. The summed E-state index contributed by atoms with van der Waals surface area (Å²) >= 11 is 0. The Kier molecular flexibility index (Phi) is 2.20. The van der Waals surface area contributed by atoms with E-state index in [1.54, 1.807) is 0 Å². The van der Waals surface area contributed by atoms with Gasteiger partial charge < -0.3 is 0 Å². The van der Waals surface area contributed by atoms with Gasteiger partial charge in [-0.1, -0.05) is 43.3 Å². The molecule has 1 nitrogen and oxygen atoms in total. The van der Waals surface area contributed by atoms with Crippen molar-refractivity contribution in [2.45, 2.75) is 26.2 Å². The van der Waals surface area contributed by atoms with Crippen molar-refractivity contribution in [2.24, 2.45) is 5.92 Å². The van der Waals surface area contributed by atoms with Gasteiger partial charge in [0.2, 0.25) is 0 Å². The molecule has 0 saturated heterocycles. The second-order valence-electron chi connectivity index (χ2n) is 5.74. The lowest BCUT2D eigenvalue weighted by atomic mass is 9.82. The Morgan fingerprint density at radius 2 is 1.68 bits per heavy atom. The highest BCUT2D eigenvalue weighted by molar-refractivity contribution is 6.03. The van der Waals surface area contributed by atoms with Crippen LogP contribution >= 0.6 is 0 Å². The number of rotatable bonds is 0. The summed E-state index contributed by atoms with van der Waals surface area (Å²) < 4.78 is 0. The van der Waals surface area contributed by atoms with Gasteiger partial charge >= 0.3 is 0 Å². The minimum absolute atomic E-state index is 0.165. The van der Waals surface area contributed by atoms with Crippen LogP contribution in [0.4, 0.5) is 0 Å². The maximum atomic E-state index is 12.1. The lowest BCUT2D eigenvalue weighted by molar-refractivity contribution is 0.0946. The van der Waals surface area contributed by atoms with E-state index in [9.17, 15) is 4.79 Å². The highest BCUT2D eigenvalue weighted by Gasteiger charge is 2.31. The van der Waals surface area contributed by atoms with E-state index in [1.807, 2.05) is 13.0 Å². The fourth-order valence-corrected chi connectivity index (χ4v) is 3.62. The minimum atomic E-state index is 0.165. The third kappa shape index (κ3) is 1.45. The van der Waals surface area contributed by atoms with E-state index in [0.29, 0.717) is 5.78 Å². The molecule has 0 fully saturated rings. The molecule has 0 bridgehead atoms. The predicted molar refractivity (Wildman–Crippen MR) is 76.5 cm³/mol. The van der Waals surface area contributed by atoms with Crippen molar-refractivity contribution >= 4 is 5.78 Å². The Bertz CT molecular complexity index is 697. The Hall–Kier alpha value is -1.89. The zero-order chi connectivity index (χ0) is 13.0. The molecule has 2 aromatic carbocycles. The maximum absolute atomic E-state index is 12.1. The average Bonchev–Trinajstić information content (AvgIpc) is 2.74. The number of hydrogen-bond acceptors (Lipinski definition) is 1. The molecular formula is C18H16O. The summed E-state index contributed by atoms with van der Waals surface area (Å²) in [4.78, 5) is 12.1. The number of hydrogen-bond donors (Lipinski definition) is 0. The van der Waals surface area contributed by atoms with Crippen LogP contribution < -0.4 is 0 Å². The van der Waals surface area contributed by atoms with Crippen LogP contribution in [-0.4, -0.2) is 5.78 Å². The average molecular weight is 248 g/mol. The molecule has 1 unspecified atom stereocenters. The van der Waals surface area contributed by atoms with Crippen LogP contribution in [0.15, 0.2) is 36.4 Å². The molecule has 2 aliphatic carbocycles. The van der Waals surface area contributed by atoms with Gasteiger partial charge in [0.05, 0.1) is 0 Å². The largest absolute Gasteiger partial charge is 0.294 e. The standard InChI is InChI=1S/C18H16O/c1-11-10-17-15-7-6-12-4-2-3-5-13(12)14(15)8-9-16(17)18(11)19/h2-5,8-9,11H,6-7,10H2,1H3. The van der Waals surface area contributed by atoms with Gasteiger partial charge in [-0.15, -0.1) is 0 Å². The number of ketones is 1. The molecule has 0 heterocycles. The van der Waals surface area contributed by atoms with Crippen molar-refractivity contribution in [3.8, 4) is 11.1 Å². The monoisotopic (exact) mass is 248 g/mol. The van der Waals surface area contributed by atoms with E-state index < -0.39 is 0 Å². The van der Waals surface area contributed by atoms with Crippen molar-refractivity contribution in [2.75, 3.05) is 0 Å². The SMILES string of the molecule is CC1Cc2c(ccc3c2CCc2ccccc2-3)C1=O. The number of fused-ring (bicyclic) bond motifs is 5. The van der Waals surface area contributed by atoms with Gasteiger partial charge in [-0.3, -0.25) is 4.79 Å². The van der Waals surface area contributed by atoms with Gasteiger partial charge in [0.15, 0.2) is 5.78 Å². The molecule has 0 aromatic heterocycles. The van der Waals surface area contributed by atoms with Gasteiger partial charge in [0, 0.05) is 11.5 Å². The van der Waals surface area contributed by atoms with Gasteiger partial charge in [0.1, 0.15) is 0 Å². The highest BCUT2D eigenvalue weighted by atomic mass is 16.1. The van der Waals surface area contributed by atoms with Crippen molar-refractivity contribution in [3.63, 3.8) is 0 Å². The highest BCUT2D eigenvalue weighted by Crippen LogP contribution is 2.40. The van der Waals surface area contributed by atoms with E-state index in [-0.39, 0.29) is 5.92 Å². The summed E-state index contributed by atoms with van der Waals surface area (Å²) in [6.45, 7) is 2.05. The summed E-state index contributed by atoms with van der Waals surface area (Å²) in [5.41, 5.74) is 7.87. The van der Waals surface area contributed by atoms with Gasteiger partial charge in [0.25, 0.3) is 0 Å². The molecule has 0 aliphatic heterocycles. The predicted octanol–water partition coefficient (Wildman–Crippen LogP) is 3.83. The van der Waals surface area contributed by atoms with Crippen LogP contribution in [0.5, 0.6) is 0 Å². The van der Waals surface area contributed by atoms with Crippen LogP contribution in [-0.2, 0) is 19.3 Å².